The number of hydrogen-bond donors (Lipinski definition) is 2. The molecule has 31 heavy (non-hydrogen) atoms. The molecule has 156 valence electrons. The highest BCUT2D eigenvalue weighted by atomic mass is 16.5. The fourth-order valence-corrected chi connectivity index (χ4v) is 3.80. The van der Waals surface area contributed by atoms with Gasteiger partial charge in [0.25, 0.3) is 5.56 Å². The molecule has 1 unspecified atom stereocenters. The Morgan fingerprint density at radius 2 is 1.87 bits per heavy atom. The van der Waals surface area contributed by atoms with E-state index < -0.39 is 6.04 Å². The lowest BCUT2D eigenvalue weighted by molar-refractivity contribution is 0.386. The van der Waals surface area contributed by atoms with Crippen molar-refractivity contribution in [1.82, 2.24) is 30.4 Å². The van der Waals surface area contributed by atoms with E-state index in [1.807, 2.05) is 43.3 Å². The van der Waals surface area contributed by atoms with Gasteiger partial charge in [-0.2, -0.15) is 9.78 Å². The molecule has 1 aliphatic rings. The van der Waals surface area contributed by atoms with Gasteiger partial charge >= 0.3 is 0 Å². The molecule has 0 saturated heterocycles. The summed E-state index contributed by atoms with van der Waals surface area (Å²) in [5.41, 5.74) is 3.99. The molecule has 0 aliphatic carbocycles. The first-order chi connectivity index (χ1) is 15.1. The van der Waals surface area contributed by atoms with Crippen LogP contribution in [0.1, 0.15) is 22.7 Å². The van der Waals surface area contributed by atoms with Gasteiger partial charge in [0, 0.05) is 22.8 Å². The predicted octanol–water partition coefficient (Wildman–Crippen LogP) is 2.44. The van der Waals surface area contributed by atoms with Crippen LogP contribution in [0.4, 0.5) is 11.6 Å². The number of tetrazole rings is 1. The predicted molar refractivity (Wildman–Crippen MR) is 113 cm³/mol. The first-order valence-electron chi connectivity index (χ1n) is 9.57. The van der Waals surface area contributed by atoms with Crippen molar-refractivity contribution < 1.29 is 9.47 Å². The summed E-state index contributed by atoms with van der Waals surface area (Å²) in [6.45, 7) is 2.01. The van der Waals surface area contributed by atoms with Gasteiger partial charge in [-0.05, 0) is 29.5 Å². The second-order valence-electron chi connectivity index (χ2n) is 7.14. The first kappa shape index (κ1) is 18.8. The van der Waals surface area contributed by atoms with Gasteiger partial charge in [-0.3, -0.25) is 4.79 Å². The van der Waals surface area contributed by atoms with Gasteiger partial charge in [0.2, 0.25) is 5.95 Å². The van der Waals surface area contributed by atoms with Crippen LogP contribution in [0.25, 0.3) is 11.3 Å². The summed E-state index contributed by atoms with van der Waals surface area (Å²) in [7, 11) is 3.17. The summed E-state index contributed by atoms with van der Waals surface area (Å²) in [4.78, 5) is 12.8. The monoisotopic (exact) mass is 417 g/mol. The Hall–Kier alpha value is -4.21. The van der Waals surface area contributed by atoms with Crippen molar-refractivity contribution in [3.05, 3.63) is 69.5 Å². The third-order valence-electron chi connectivity index (χ3n) is 5.33. The average molecular weight is 417 g/mol. The van der Waals surface area contributed by atoms with Gasteiger partial charge < -0.3 is 14.8 Å². The van der Waals surface area contributed by atoms with E-state index in [0.29, 0.717) is 34.4 Å². The molecule has 2 N–H and O–H groups in total. The van der Waals surface area contributed by atoms with E-state index in [0.717, 1.165) is 16.7 Å². The molecule has 4 aromatic rings. The first-order valence-corrected chi connectivity index (χ1v) is 9.57. The van der Waals surface area contributed by atoms with Crippen LogP contribution in [0.15, 0.2) is 47.3 Å². The highest BCUT2D eigenvalue weighted by molar-refractivity contribution is 5.76. The number of aromatic nitrogens is 6. The molecule has 0 radical (unpaired) electrons. The Labute approximate surface area is 176 Å². The highest BCUT2D eigenvalue weighted by Gasteiger charge is 2.36. The SMILES string of the molecule is COc1ccc(C2c3c(-c4ccc(C)cc4)n[nH]c(=O)c3Nc3nnnn32)c(OC)c1. The van der Waals surface area contributed by atoms with Crippen LogP contribution in [0.3, 0.4) is 0 Å². The minimum absolute atomic E-state index is 0.343. The van der Waals surface area contributed by atoms with Crippen molar-refractivity contribution in [2.75, 3.05) is 19.5 Å². The lowest BCUT2D eigenvalue weighted by Gasteiger charge is -2.28. The normalized spacial score (nSPS) is 14.4. The molecule has 1 atom stereocenters. The number of aryl methyl sites for hydroxylation is 1. The molecular weight excluding hydrogens is 398 g/mol. The van der Waals surface area contributed by atoms with Gasteiger partial charge in [-0.15, -0.1) is 0 Å². The molecule has 0 saturated carbocycles. The lowest BCUT2D eigenvalue weighted by atomic mass is 9.91. The molecule has 2 aromatic carbocycles. The van der Waals surface area contributed by atoms with Crippen molar-refractivity contribution in [3.8, 4) is 22.8 Å². The number of anilines is 2. The second-order valence-corrected chi connectivity index (χ2v) is 7.14. The van der Waals surface area contributed by atoms with Gasteiger partial charge in [-0.25, -0.2) is 5.10 Å². The number of benzene rings is 2. The molecule has 5 rings (SSSR count). The maximum absolute atomic E-state index is 12.8. The quantitative estimate of drug-likeness (QED) is 0.458. The smallest absolute Gasteiger partial charge is 0.288 e. The maximum atomic E-state index is 12.8. The van der Waals surface area contributed by atoms with E-state index in [9.17, 15) is 4.79 Å². The Bertz CT molecular complexity index is 1330. The fraction of sp³-hybridized carbons (Fsp3) is 0.190. The Balaban J connectivity index is 1.82. The van der Waals surface area contributed by atoms with Crippen molar-refractivity contribution >= 4 is 11.6 Å². The van der Waals surface area contributed by atoms with E-state index in [1.165, 1.54) is 0 Å². The molecule has 0 bridgehead atoms. The molecule has 1 aliphatic heterocycles. The number of fused-ring (bicyclic) bond motifs is 2. The molecule has 0 amide bonds. The van der Waals surface area contributed by atoms with E-state index in [-0.39, 0.29) is 5.56 Å². The Kier molecular flexibility index (Phi) is 4.39. The van der Waals surface area contributed by atoms with Crippen molar-refractivity contribution in [2.45, 2.75) is 13.0 Å². The Morgan fingerprint density at radius 3 is 2.61 bits per heavy atom. The van der Waals surface area contributed by atoms with Gasteiger partial charge in [-0.1, -0.05) is 34.9 Å². The van der Waals surface area contributed by atoms with Crippen LogP contribution in [-0.2, 0) is 0 Å². The molecule has 0 fully saturated rings. The zero-order chi connectivity index (χ0) is 21.5. The third kappa shape index (κ3) is 3.00. The summed E-state index contributed by atoms with van der Waals surface area (Å²) < 4.78 is 12.6. The number of nitrogens with zero attached hydrogens (tertiary/aromatic N) is 5. The van der Waals surface area contributed by atoms with Crippen LogP contribution >= 0.6 is 0 Å². The Morgan fingerprint density at radius 1 is 1.06 bits per heavy atom. The largest absolute Gasteiger partial charge is 0.497 e. The summed E-state index contributed by atoms with van der Waals surface area (Å²) in [5.74, 6) is 1.57. The van der Waals surface area contributed by atoms with Crippen molar-refractivity contribution in [2.24, 2.45) is 0 Å². The number of hydrogen-bond acceptors (Lipinski definition) is 8. The zero-order valence-corrected chi connectivity index (χ0v) is 17.1. The minimum atomic E-state index is -0.548. The molecule has 10 heteroatoms. The minimum Gasteiger partial charge on any atom is -0.497 e. The number of H-pyrrole nitrogens is 1. The van der Waals surface area contributed by atoms with Crippen molar-refractivity contribution in [3.63, 3.8) is 0 Å². The number of nitrogens with one attached hydrogen (secondary N) is 2. The fourth-order valence-electron chi connectivity index (χ4n) is 3.80. The van der Waals surface area contributed by atoms with Crippen molar-refractivity contribution in [1.29, 1.82) is 0 Å². The standard InChI is InChI=1S/C21H19N7O3/c1-11-4-6-12(7-5-11)17-16-18(20(29)24-23-17)22-21-25-26-27-28(21)19(16)14-9-8-13(30-2)10-15(14)31-3/h4-10,19H,1-3H3,(H,24,29)(H,22,25,27). The summed E-state index contributed by atoms with van der Waals surface area (Å²) >= 11 is 0. The summed E-state index contributed by atoms with van der Waals surface area (Å²) in [6.07, 6.45) is 0. The van der Waals surface area contributed by atoms with Crippen LogP contribution in [0.5, 0.6) is 11.5 Å². The number of methoxy groups -OCH3 is 2. The summed E-state index contributed by atoms with van der Waals surface area (Å²) in [5, 5.41) is 22.0. The molecule has 2 aromatic heterocycles. The molecule has 3 heterocycles. The van der Waals surface area contributed by atoms with Crippen LogP contribution < -0.4 is 20.3 Å². The molecule has 0 spiro atoms. The van der Waals surface area contributed by atoms with Crippen LogP contribution in [0.2, 0.25) is 0 Å². The van der Waals surface area contributed by atoms with Gasteiger partial charge in [0.1, 0.15) is 23.2 Å². The topological polar surface area (TPSA) is 120 Å². The van der Waals surface area contributed by atoms with Crippen LogP contribution in [-0.4, -0.2) is 44.6 Å². The van der Waals surface area contributed by atoms with E-state index in [2.05, 4.69) is 31.0 Å². The van der Waals surface area contributed by atoms with E-state index >= 15 is 0 Å². The summed E-state index contributed by atoms with van der Waals surface area (Å²) in [6, 6.07) is 12.9. The molecular formula is C21H19N7O3. The number of rotatable bonds is 4. The van der Waals surface area contributed by atoms with Gasteiger partial charge in [0.15, 0.2) is 0 Å². The van der Waals surface area contributed by atoms with E-state index in [1.54, 1.807) is 25.0 Å². The lowest BCUT2D eigenvalue weighted by Crippen LogP contribution is -2.29. The number of aromatic amines is 1. The maximum Gasteiger partial charge on any atom is 0.288 e. The van der Waals surface area contributed by atoms with Gasteiger partial charge in [0.05, 0.1) is 19.9 Å². The third-order valence-corrected chi connectivity index (χ3v) is 5.33. The molecule has 10 nitrogen and oxygen atoms in total. The highest BCUT2D eigenvalue weighted by Crippen LogP contribution is 2.44. The zero-order valence-electron chi connectivity index (χ0n) is 17.1. The number of ether oxygens (including phenoxy) is 2. The van der Waals surface area contributed by atoms with Crippen LogP contribution in [0, 0.1) is 6.92 Å². The average Bonchev–Trinajstić information content (AvgIpc) is 3.27. The van der Waals surface area contributed by atoms with E-state index in [4.69, 9.17) is 9.47 Å². The second kappa shape index (κ2) is 7.24.